The van der Waals surface area contributed by atoms with Gasteiger partial charge in [-0.1, -0.05) is 42.5 Å². The van der Waals surface area contributed by atoms with Gasteiger partial charge in [-0.25, -0.2) is 0 Å². The van der Waals surface area contributed by atoms with Crippen molar-refractivity contribution >= 4 is 10.9 Å². The number of nitrogens with zero attached hydrogens (tertiary/aromatic N) is 1. The van der Waals surface area contributed by atoms with Crippen molar-refractivity contribution in [2.75, 3.05) is 0 Å². The summed E-state index contributed by atoms with van der Waals surface area (Å²) in [6, 6.07) is 17.1. The van der Waals surface area contributed by atoms with Crippen molar-refractivity contribution in [1.29, 1.82) is 0 Å². The maximum absolute atomic E-state index is 4.56. The average Bonchev–Trinajstić information content (AvgIpc) is 2.95. The van der Waals surface area contributed by atoms with Gasteiger partial charge >= 0.3 is 0 Å². The minimum absolute atomic E-state index is 0.953. The Labute approximate surface area is 112 Å². The van der Waals surface area contributed by atoms with Crippen LogP contribution in [-0.4, -0.2) is 4.98 Å². The van der Waals surface area contributed by atoms with Crippen LogP contribution in [0.15, 0.2) is 54.7 Å². The van der Waals surface area contributed by atoms with Gasteiger partial charge in [0.1, 0.15) is 0 Å². The molecule has 0 saturated carbocycles. The van der Waals surface area contributed by atoms with Crippen LogP contribution in [0.3, 0.4) is 0 Å². The highest BCUT2D eigenvalue weighted by molar-refractivity contribution is 5.94. The van der Waals surface area contributed by atoms with E-state index in [0.717, 1.165) is 18.6 Å². The van der Waals surface area contributed by atoms with Crippen LogP contribution in [0.5, 0.6) is 0 Å². The van der Waals surface area contributed by atoms with Gasteiger partial charge in [-0.15, -0.1) is 0 Å². The van der Waals surface area contributed by atoms with Crippen molar-refractivity contribution in [3.8, 4) is 11.1 Å². The smallest absolute Gasteiger partial charge is 0.0780 e. The molecule has 1 aromatic heterocycles. The van der Waals surface area contributed by atoms with Gasteiger partial charge in [0.25, 0.3) is 0 Å². The van der Waals surface area contributed by atoms with Gasteiger partial charge < -0.3 is 5.32 Å². The fourth-order valence-corrected chi connectivity index (χ4v) is 2.91. The molecule has 1 aliphatic rings. The second-order valence-corrected chi connectivity index (χ2v) is 4.93. The number of nitrogens with one attached hydrogen (secondary N) is 1. The summed E-state index contributed by atoms with van der Waals surface area (Å²) in [7, 11) is 0. The fourth-order valence-electron chi connectivity index (χ4n) is 2.91. The Morgan fingerprint density at radius 3 is 2.68 bits per heavy atom. The van der Waals surface area contributed by atoms with E-state index in [1.165, 1.54) is 27.6 Å². The lowest BCUT2D eigenvalue weighted by molar-refractivity contribution is 0.765. The van der Waals surface area contributed by atoms with E-state index >= 15 is 0 Å². The van der Waals surface area contributed by atoms with Crippen molar-refractivity contribution < 1.29 is 0 Å². The zero-order valence-corrected chi connectivity index (χ0v) is 10.6. The van der Waals surface area contributed by atoms with E-state index in [-0.39, 0.29) is 0 Å². The van der Waals surface area contributed by atoms with Gasteiger partial charge in [-0.05, 0) is 22.8 Å². The summed E-state index contributed by atoms with van der Waals surface area (Å²) in [4.78, 5) is 4.56. The molecule has 0 saturated heterocycles. The molecular formula is C17H14N2. The molecule has 3 aromatic rings. The van der Waals surface area contributed by atoms with E-state index < -0.39 is 0 Å². The molecule has 19 heavy (non-hydrogen) atoms. The van der Waals surface area contributed by atoms with Crippen molar-refractivity contribution in [2.45, 2.75) is 13.1 Å². The molecule has 0 atom stereocenters. The van der Waals surface area contributed by atoms with Crippen molar-refractivity contribution in [2.24, 2.45) is 0 Å². The quantitative estimate of drug-likeness (QED) is 0.710. The number of rotatable bonds is 1. The van der Waals surface area contributed by atoms with Gasteiger partial charge in [0.05, 0.1) is 5.52 Å². The van der Waals surface area contributed by atoms with Gasteiger partial charge in [-0.2, -0.15) is 0 Å². The van der Waals surface area contributed by atoms with Gasteiger partial charge in [0.15, 0.2) is 0 Å². The molecule has 2 aromatic carbocycles. The minimum Gasteiger partial charge on any atom is -0.309 e. The molecule has 1 aliphatic heterocycles. The normalized spacial score (nSPS) is 13.7. The van der Waals surface area contributed by atoms with E-state index in [9.17, 15) is 0 Å². The van der Waals surface area contributed by atoms with Crippen LogP contribution in [0.1, 0.15) is 11.1 Å². The van der Waals surface area contributed by atoms with Gasteiger partial charge in [-0.3, -0.25) is 4.98 Å². The predicted octanol–water partition coefficient (Wildman–Crippen LogP) is 3.51. The van der Waals surface area contributed by atoms with Crippen LogP contribution in [0.2, 0.25) is 0 Å². The number of pyridine rings is 1. The van der Waals surface area contributed by atoms with E-state index in [0.29, 0.717) is 0 Å². The van der Waals surface area contributed by atoms with Crippen molar-refractivity contribution in [1.82, 2.24) is 10.3 Å². The Hall–Kier alpha value is -2.19. The molecule has 0 radical (unpaired) electrons. The third-order valence-electron chi connectivity index (χ3n) is 3.81. The molecule has 1 N–H and O–H groups in total. The molecule has 0 amide bonds. The highest BCUT2D eigenvalue weighted by atomic mass is 14.9. The summed E-state index contributed by atoms with van der Waals surface area (Å²) in [6.07, 6.45) is 1.87. The van der Waals surface area contributed by atoms with Crippen LogP contribution in [0.4, 0.5) is 0 Å². The first-order chi connectivity index (χ1) is 9.43. The fraction of sp³-hybridized carbons (Fsp3) is 0.118. The van der Waals surface area contributed by atoms with Gasteiger partial charge in [0.2, 0.25) is 0 Å². The number of fused-ring (bicyclic) bond motifs is 2. The topological polar surface area (TPSA) is 24.9 Å². The number of hydrogen-bond donors (Lipinski definition) is 1. The Morgan fingerprint density at radius 1 is 0.842 bits per heavy atom. The maximum atomic E-state index is 4.56. The lowest BCUT2D eigenvalue weighted by Crippen LogP contribution is -2.00. The summed E-state index contributed by atoms with van der Waals surface area (Å²) in [5.41, 5.74) is 6.46. The van der Waals surface area contributed by atoms with E-state index in [1.807, 2.05) is 12.3 Å². The number of hydrogen-bond acceptors (Lipinski definition) is 2. The highest BCUT2D eigenvalue weighted by Gasteiger charge is 2.16. The van der Waals surface area contributed by atoms with Crippen LogP contribution in [-0.2, 0) is 13.1 Å². The van der Waals surface area contributed by atoms with Crippen LogP contribution >= 0.6 is 0 Å². The summed E-state index contributed by atoms with van der Waals surface area (Å²) >= 11 is 0. The summed E-state index contributed by atoms with van der Waals surface area (Å²) in [6.45, 7) is 1.93. The lowest BCUT2D eigenvalue weighted by atomic mass is 9.95. The largest absolute Gasteiger partial charge is 0.309 e. The summed E-state index contributed by atoms with van der Waals surface area (Å²) in [5, 5.41) is 4.62. The molecule has 0 unspecified atom stereocenters. The SMILES string of the molecule is c1cc2c(c(-c3cccc4cccnc34)c1)CNC2. The predicted molar refractivity (Wildman–Crippen MR) is 77.7 cm³/mol. The standard InChI is InChI=1S/C17H14N2/c1-4-12-6-3-9-19-17(12)15(8-1)14-7-2-5-13-10-18-11-16(13)14/h1-9,18H,10-11H2. The van der Waals surface area contributed by atoms with Crippen molar-refractivity contribution in [3.63, 3.8) is 0 Å². The first-order valence-corrected chi connectivity index (χ1v) is 6.59. The van der Waals surface area contributed by atoms with Crippen molar-refractivity contribution in [3.05, 3.63) is 65.9 Å². The minimum atomic E-state index is 0.953. The molecule has 2 nitrogen and oxygen atoms in total. The molecule has 0 spiro atoms. The highest BCUT2D eigenvalue weighted by Crippen LogP contribution is 2.32. The van der Waals surface area contributed by atoms with Crippen LogP contribution < -0.4 is 5.32 Å². The zero-order valence-electron chi connectivity index (χ0n) is 10.6. The molecule has 0 bridgehead atoms. The molecule has 2 heterocycles. The van der Waals surface area contributed by atoms with E-state index in [2.05, 4.69) is 52.8 Å². The maximum Gasteiger partial charge on any atom is 0.0780 e. The molecule has 4 rings (SSSR count). The average molecular weight is 246 g/mol. The van der Waals surface area contributed by atoms with E-state index in [1.54, 1.807) is 0 Å². The van der Waals surface area contributed by atoms with E-state index in [4.69, 9.17) is 0 Å². The Bertz CT molecular complexity index is 757. The van der Waals surface area contributed by atoms with Gasteiger partial charge in [0, 0.05) is 30.2 Å². The lowest BCUT2D eigenvalue weighted by Gasteiger charge is -2.10. The second-order valence-electron chi connectivity index (χ2n) is 4.93. The molecule has 0 fully saturated rings. The van der Waals surface area contributed by atoms with Crippen LogP contribution in [0, 0.1) is 0 Å². The molecule has 2 heteroatoms. The summed E-state index contributed by atoms with van der Waals surface area (Å²) < 4.78 is 0. The third-order valence-corrected chi connectivity index (χ3v) is 3.81. The number of benzene rings is 2. The van der Waals surface area contributed by atoms with Crippen LogP contribution in [0.25, 0.3) is 22.0 Å². The monoisotopic (exact) mass is 246 g/mol. The number of aromatic nitrogens is 1. The zero-order chi connectivity index (χ0) is 12.7. The second kappa shape index (κ2) is 4.18. The first kappa shape index (κ1) is 10.7. The summed E-state index contributed by atoms with van der Waals surface area (Å²) in [5.74, 6) is 0. The molecule has 0 aliphatic carbocycles. The Kier molecular flexibility index (Phi) is 2.35. The third kappa shape index (κ3) is 1.65. The Morgan fingerprint density at radius 2 is 1.68 bits per heavy atom. The first-order valence-electron chi connectivity index (χ1n) is 6.59. The molecular weight excluding hydrogens is 232 g/mol. The molecule has 92 valence electrons. The Balaban J connectivity index is 2.04. The number of para-hydroxylation sites is 1.